The molecule has 0 unspecified atom stereocenters. The van der Waals surface area contributed by atoms with Gasteiger partial charge in [0.2, 0.25) is 0 Å². The van der Waals surface area contributed by atoms with Gasteiger partial charge >= 0.3 is 0 Å². The van der Waals surface area contributed by atoms with Crippen LogP contribution in [0.4, 0.5) is 0 Å². The van der Waals surface area contributed by atoms with Crippen molar-refractivity contribution < 1.29 is 4.74 Å². The van der Waals surface area contributed by atoms with E-state index in [-0.39, 0.29) is 0 Å². The first-order valence-corrected chi connectivity index (χ1v) is 16.8. The zero-order valence-electron chi connectivity index (χ0n) is 26.6. The number of rotatable bonds is 4. The van der Waals surface area contributed by atoms with Gasteiger partial charge in [-0.1, -0.05) is 79.2 Å². The van der Waals surface area contributed by atoms with Crippen molar-refractivity contribution in [2.45, 2.75) is 19.3 Å². The summed E-state index contributed by atoms with van der Waals surface area (Å²) in [6.45, 7) is 3.83. The zero-order chi connectivity index (χ0) is 32.3. The second-order valence-electron chi connectivity index (χ2n) is 12.7. The van der Waals surface area contributed by atoms with Gasteiger partial charge in [-0.2, -0.15) is 0 Å². The first kappa shape index (κ1) is 28.1. The molecule has 7 aromatic rings. The van der Waals surface area contributed by atoms with E-state index < -0.39 is 0 Å². The fourth-order valence-corrected chi connectivity index (χ4v) is 7.19. The number of hydrogen-bond donors (Lipinski definition) is 2. The van der Waals surface area contributed by atoms with Gasteiger partial charge < -0.3 is 14.7 Å². The third kappa shape index (κ3) is 4.83. The molecule has 0 atom stereocenters. The number of nitrogens with zero attached hydrogens (tertiary/aromatic N) is 7. The molecule has 238 valence electrons. The number of benzene rings is 4. The van der Waals surface area contributed by atoms with Crippen molar-refractivity contribution >= 4 is 44.1 Å². The van der Waals surface area contributed by atoms with Gasteiger partial charge in [0.05, 0.1) is 0 Å². The molecule has 0 aliphatic carbocycles. The predicted molar refractivity (Wildman–Crippen MR) is 192 cm³/mol. The smallest absolute Gasteiger partial charge is 0.164 e. The number of likely N-dealkylation sites (tertiary alicyclic amines) is 1. The number of aromatic amines is 2. The summed E-state index contributed by atoms with van der Waals surface area (Å²) < 4.78 is 6.30. The lowest BCUT2D eigenvalue weighted by Gasteiger charge is -2.26. The normalized spacial score (nSPS) is 14.2. The Morgan fingerprint density at radius 2 is 0.939 bits per heavy atom. The molecule has 6 heterocycles. The Kier molecular flexibility index (Phi) is 6.48. The average molecular weight is 642 g/mol. The summed E-state index contributed by atoms with van der Waals surface area (Å²) in [7, 11) is 0. The molecule has 0 saturated carbocycles. The maximum atomic E-state index is 6.30. The van der Waals surface area contributed by atoms with Gasteiger partial charge in [-0.05, 0) is 44.1 Å². The molecule has 10 nitrogen and oxygen atoms in total. The van der Waals surface area contributed by atoms with Gasteiger partial charge in [0.15, 0.2) is 23.3 Å². The monoisotopic (exact) mass is 641 g/mol. The molecule has 2 N–H and O–H groups in total. The minimum Gasteiger partial charge on any atom is -0.492 e. The molecule has 49 heavy (non-hydrogen) atoms. The van der Waals surface area contributed by atoms with Gasteiger partial charge in [-0.15, -0.1) is 0 Å². The van der Waals surface area contributed by atoms with Crippen LogP contribution < -0.4 is 4.74 Å². The van der Waals surface area contributed by atoms with E-state index in [9.17, 15) is 0 Å². The summed E-state index contributed by atoms with van der Waals surface area (Å²) in [5, 5.41) is 3.71. The minimum atomic E-state index is 0.576. The van der Waals surface area contributed by atoms with Gasteiger partial charge in [0.25, 0.3) is 0 Å². The molecule has 3 aromatic heterocycles. The van der Waals surface area contributed by atoms with E-state index in [0.29, 0.717) is 52.5 Å². The SMILES string of the molecule is c1ccc2c(c1)-c1nc-2nc2[nH]c(nc3nc(nc4[nH]c(n1)c1ccccc41)-c1ccccc1-3)c1cc(OCCN3CCCCC3)ccc21. The van der Waals surface area contributed by atoms with Gasteiger partial charge in [0.1, 0.15) is 34.9 Å². The van der Waals surface area contributed by atoms with Crippen LogP contribution in [0, 0.1) is 0 Å². The number of aromatic nitrogens is 8. The lowest BCUT2D eigenvalue weighted by atomic mass is 10.1. The largest absolute Gasteiger partial charge is 0.492 e. The summed E-state index contributed by atoms with van der Waals surface area (Å²) in [4.78, 5) is 39.9. The Hall–Kier alpha value is -6.00. The molecule has 3 aliphatic heterocycles. The average Bonchev–Trinajstić information content (AvgIpc) is 3.88. The Labute approximate surface area is 281 Å². The van der Waals surface area contributed by atoms with E-state index >= 15 is 0 Å². The van der Waals surface area contributed by atoms with Gasteiger partial charge in [-0.25, -0.2) is 29.9 Å². The highest BCUT2D eigenvalue weighted by Gasteiger charge is 2.22. The second kappa shape index (κ2) is 11.3. The summed E-state index contributed by atoms with van der Waals surface area (Å²) in [5.41, 5.74) is 6.31. The fourth-order valence-electron chi connectivity index (χ4n) is 7.19. The van der Waals surface area contributed by atoms with E-state index in [2.05, 4.69) is 14.9 Å². The van der Waals surface area contributed by atoms with Crippen LogP contribution in [0.25, 0.3) is 89.7 Å². The highest BCUT2D eigenvalue weighted by Crippen LogP contribution is 2.37. The summed E-state index contributed by atoms with van der Waals surface area (Å²) in [6.07, 6.45) is 3.84. The van der Waals surface area contributed by atoms with Crippen LogP contribution in [-0.2, 0) is 0 Å². The summed E-state index contributed by atoms with van der Waals surface area (Å²) >= 11 is 0. The Bertz CT molecular complexity index is 2590. The first-order valence-electron chi connectivity index (χ1n) is 16.8. The van der Waals surface area contributed by atoms with Crippen molar-refractivity contribution in [1.82, 2.24) is 44.8 Å². The molecule has 0 amide bonds. The molecule has 3 aliphatic rings. The van der Waals surface area contributed by atoms with Gasteiger partial charge in [0, 0.05) is 50.3 Å². The third-order valence-corrected chi connectivity index (χ3v) is 9.65. The summed E-state index contributed by atoms with van der Waals surface area (Å²) in [5.74, 6) is 3.12. The fraction of sp³-hybridized carbons (Fsp3) is 0.179. The Morgan fingerprint density at radius 3 is 1.45 bits per heavy atom. The van der Waals surface area contributed by atoms with Crippen molar-refractivity contribution in [1.29, 1.82) is 0 Å². The van der Waals surface area contributed by atoms with Crippen LogP contribution in [0.1, 0.15) is 19.3 Å². The Balaban J connectivity index is 1.24. The maximum Gasteiger partial charge on any atom is 0.164 e. The third-order valence-electron chi connectivity index (χ3n) is 9.65. The molecule has 8 bridgehead atoms. The van der Waals surface area contributed by atoms with Crippen LogP contribution in [0.2, 0.25) is 0 Å². The predicted octanol–water partition coefficient (Wildman–Crippen LogP) is 7.73. The maximum absolute atomic E-state index is 6.30. The lowest BCUT2D eigenvalue weighted by molar-refractivity contribution is 0.183. The molecule has 0 radical (unpaired) electrons. The molecule has 0 spiro atoms. The quantitative estimate of drug-likeness (QED) is 0.200. The van der Waals surface area contributed by atoms with E-state index in [1.165, 1.54) is 19.3 Å². The van der Waals surface area contributed by atoms with Crippen molar-refractivity contribution in [2.75, 3.05) is 26.2 Å². The zero-order valence-corrected chi connectivity index (χ0v) is 26.6. The summed E-state index contributed by atoms with van der Waals surface area (Å²) in [6, 6.07) is 30.4. The molecular weight excluding hydrogens is 610 g/mol. The molecule has 1 saturated heterocycles. The number of ether oxygens (including phenoxy) is 1. The molecule has 10 rings (SSSR count). The topological polar surface area (TPSA) is 121 Å². The van der Waals surface area contributed by atoms with E-state index in [1.54, 1.807) is 0 Å². The van der Waals surface area contributed by atoms with Crippen molar-refractivity contribution in [3.8, 4) is 51.3 Å². The standard InChI is InChI=1S/C39H31N9O/c1-8-18-48(19-9-1)20-21-49-23-16-17-30-31(22-23)39-46-37-29-15-7-6-14-28(29)35(44-37)42-33-25-11-3-2-10-24(25)32(40-33)41-34-26-12-4-5-13-27(26)36(43-34)45-38(30)47-39/h2-7,10-17,22H,1,8-9,18-21H2,(H2,40,41,42,43,44,45,46,47). The van der Waals surface area contributed by atoms with Crippen LogP contribution in [0.5, 0.6) is 5.75 Å². The van der Waals surface area contributed by atoms with E-state index in [1.807, 2.05) is 91.0 Å². The van der Waals surface area contributed by atoms with Crippen molar-refractivity contribution in [3.63, 3.8) is 0 Å². The van der Waals surface area contributed by atoms with Crippen LogP contribution in [0.3, 0.4) is 0 Å². The van der Waals surface area contributed by atoms with Crippen LogP contribution >= 0.6 is 0 Å². The first-order chi connectivity index (χ1) is 24.2. The number of nitrogens with one attached hydrogen (secondary N) is 2. The molecule has 1 fully saturated rings. The number of hydrogen-bond acceptors (Lipinski definition) is 8. The Morgan fingerprint density at radius 1 is 0.490 bits per heavy atom. The number of fused-ring (bicyclic) bond motifs is 20. The molecule has 10 heteroatoms. The molecular formula is C39H31N9O. The van der Waals surface area contributed by atoms with Crippen LogP contribution in [0.15, 0.2) is 91.0 Å². The molecule has 4 aromatic carbocycles. The van der Waals surface area contributed by atoms with Gasteiger partial charge in [-0.3, -0.25) is 4.90 Å². The minimum absolute atomic E-state index is 0.576. The highest BCUT2D eigenvalue weighted by atomic mass is 16.5. The second-order valence-corrected chi connectivity index (χ2v) is 12.7. The number of piperidine rings is 1. The van der Waals surface area contributed by atoms with E-state index in [0.717, 1.165) is 69.2 Å². The lowest BCUT2D eigenvalue weighted by Crippen LogP contribution is -2.33. The van der Waals surface area contributed by atoms with Crippen molar-refractivity contribution in [3.05, 3.63) is 91.0 Å². The van der Waals surface area contributed by atoms with Crippen LogP contribution in [-0.4, -0.2) is 71.0 Å². The van der Waals surface area contributed by atoms with E-state index in [4.69, 9.17) is 34.6 Å². The highest BCUT2D eigenvalue weighted by molar-refractivity contribution is 6.06. The number of H-pyrrole nitrogens is 2. The van der Waals surface area contributed by atoms with Crippen molar-refractivity contribution in [2.24, 2.45) is 0 Å².